The molecule has 0 saturated carbocycles. The van der Waals surface area contributed by atoms with Crippen LogP contribution >= 0.6 is 12.2 Å². The van der Waals surface area contributed by atoms with Crippen molar-refractivity contribution in [1.82, 2.24) is 10.8 Å². The van der Waals surface area contributed by atoms with Crippen LogP contribution < -0.4 is 10.8 Å². The van der Waals surface area contributed by atoms with Crippen molar-refractivity contribution >= 4 is 17.3 Å². The third-order valence-corrected chi connectivity index (χ3v) is 1.28. The number of nitrogens with one attached hydrogen (secondary N) is 2. The van der Waals surface area contributed by atoms with Crippen molar-refractivity contribution in [1.29, 1.82) is 0 Å². The number of allylic oxidation sites excluding steroid dienone is 1. The SMILES string of the molecule is CC/C=C/OCONC(=S)NCC. The zero-order valence-electron chi connectivity index (χ0n) is 8.00. The molecule has 0 aromatic rings. The molecule has 0 fully saturated rings. The van der Waals surface area contributed by atoms with E-state index in [1.165, 1.54) is 0 Å². The Morgan fingerprint density at radius 3 is 2.85 bits per heavy atom. The van der Waals surface area contributed by atoms with Gasteiger partial charge in [0.05, 0.1) is 6.26 Å². The monoisotopic (exact) mass is 204 g/mol. The average Bonchev–Trinajstić information content (AvgIpc) is 2.11. The Morgan fingerprint density at radius 2 is 2.23 bits per heavy atom. The Hall–Kier alpha value is -0.810. The predicted octanol–water partition coefficient (Wildman–Crippen LogP) is 1.30. The van der Waals surface area contributed by atoms with Crippen LogP contribution in [0.5, 0.6) is 0 Å². The molecule has 0 rings (SSSR count). The van der Waals surface area contributed by atoms with Gasteiger partial charge in [-0.05, 0) is 31.6 Å². The van der Waals surface area contributed by atoms with E-state index in [2.05, 4.69) is 10.8 Å². The molecular formula is C8H16N2O2S. The van der Waals surface area contributed by atoms with Gasteiger partial charge in [-0.3, -0.25) is 0 Å². The zero-order valence-corrected chi connectivity index (χ0v) is 8.82. The van der Waals surface area contributed by atoms with E-state index in [1.54, 1.807) is 6.26 Å². The van der Waals surface area contributed by atoms with Crippen molar-refractivity contribution in [2.24, 2.45) is 0 Å². The van der Waals surface area contributed by atoms with Crippen LogP contribution in [0.4, 0.5) is 0 Å². The van der Waals surface area contributed by atoms with Crippen LogP contribution in [0.25, 0.3) is 0 Å². The lowest BCUT2D eigenvalue weighted by molar-refractivity contribution is -0.0427. The molecule has 0 aliphatic carbocycles. The molecule has 0 aromatic carbocycles. The van der Waals surface area contributed by atoms with Crippen LogP contribution in [0.15, 0.2) is 12.3 Å². The summed E-state index contributed by atoms with van der Waals surface area (Å²) in [5, 5.41) is 3.33. The summed E-state index contributed by atoms with van der Waals surface area (Å²) in [4.78, 5) is 4.87. The molecule has 4 nitrogen and oxygen atoms in total. The first kappa shape index (κ1) is 12.2. The molecule has 0 bridgehead atoms. The second-order valence-corrected chi connectivity index (χ2v) is 2.58. The molecule has 0 aliphatic heterocycles. The average molecular weight is 204 g/mol. The highest BCUT2D eigenvalue weighted by Crippen LogP contribution is 1.81. The highest BCUT2D eigenvalue weighted by Gasteiger charge is 1.90. The van der Waals surface area contributed by atoms with Gasteiger partial charge in [-0.1, -0.05) is 6.92 Å². The first-order valence-corrected chi connectivity index (χ1v) is 4.64. The molecule has 0 amide bonds. The summed E-state index contributed by atoms with van der Waals surface area (Å²) in [6.45, 7) is 4.89. The van der Waals surface area contributed by atoms with E-state index in [1.807, 2.05) is 19.9 Å². The van der Waals surface area contributed by atoms with Gasteiger partial charge in [0.25, 0.3) is 0 Å². The number of hydrogen-bond acceptors (Lipinski definition) is 3. The van der Waals surface area contributed by atoms with Crippen LogP contribution in [-0.2, 0) is 9.57 Å². The van der Waals surface area contributed by atoms with E-state index in [0.29, 0.717) is 5.11 Å². The van der Waals surface area contributed by atoms with E-state index in [0.717, 1.165) is 13.0 Å². The Kier molecular flexibility index (Phi) is 8.70. The van der Waals surface area contributed by atoms with Gasteiger partial charge in [0.15, 0.2) is 5.11 Å². The topological polar surface area (TPSA) is 42.5 Å². The zero-order chi connectivity index (χ0) is 9.94. The molecule has 0 atom stereocenters. The van der Waals surface area contributed by atoms with Crippen LogP contribution in [-0.4, -0.2) is 18.5 Å². The second-order valence-electron chi connectivity index (χ2n) is 2.17. The molecule has 0 unspecified atom stereocenters. The Labute approximate surface area is 84.2 Å². The maximum atomic E-state index is 4.95. The summed E-state index contributed by atoms with van der Waals surface area (Å²) in [5.74, 6) is 0. The van der Waals surface area contributed by atoms with Crippen LogP contribution in [0.1, 0.15) is 20.3 Å². The summed E-state index contributed by atoms with van der Waals surface area (Å²) in [5.41, 5.74) is 2.52. The van der Waals surface area contributed by atoms with Crippen LogP contribution in [0.3, 0.4) is 0 Å². The predicted molar refractivity (Wildman–Crippen MR) is 55.9 cm³/mol. The number of thiocarbonyl (C=S) groups is 1. The highest BCUT2D eigenvalue weighted by molar-refractivity contribution is 7.80. The fraction of sp³-hybridized carbons (Fsp3) is 0.625. The second kappa shape index (κ2) is 9.28. The Bertz CT molecular complexity index is 162. The van der Waals surface area contributed by atoms with Gasteiger partial charge in [-0.25, -0.2) is 10.3 Å². The van der Waals surface area contributed by atoms with Gasteiger partial charge < -0.3 is 10.1 Å². The van der Waals surface area contributed by atoms with E-state index in [-0.39, 0.29) is 6.79 Å². The van der Waals surface area contributed by atoms with Gasteiger partial charge in [-0.2, -0.15) is 0 Å². The molecule has 0 aliphatic rings. The number of ether oxygens (including phenoxy) is 1. The minimum Gasteiger partial charge on any atom is -0.473 e. The van der Waals surface area contributed by atoms with Crippen molar-refractivity contribution in [2.45, 2.75) is 20.3 Å². The largest absolute Gasteiger partial charge is 0.473 e. The summed E-state index contributed by atoms with van der Waals surface area (Å²) in [6.07, 6.45) is 4.44. The normalized spacial score (nSPS) is 10.0. The van der Waals surface area contributed by atoms with E-state index in [4.69, 9.17) is 21.8 Å². The lowest BCUT2D eigenvalue weighted by Gasteiger charge is -2.07. The molecule has 2 N–H and O–H groups in total. The lowest BCUT2D eigenvalue weighted by atomic mass is 10.5. The Morgan fingerprint density at radius 1 is 1.46 bits per heavy atom. The minimum absolute atomic E-state index is 0.141. The van der Waals surface area contributed by atoms with Gasteiger partial charge in [0.1, 0.15) is 0 Å². The third-order valence-electron chi connectivity index (χ3n) is 1.06. The van der Waals surface area contributed by atoms with Crippen LogP contribution in [0, 0.1) is 0 Å². The van der Waals surface area contributed by atoms with E-state index < -0.39 is 0 Å². The van der Waals surface area contributed by atoms with E-state index >= 15 is 0 Å². The summed E-state index contributed by atoms with van der Waals surface area (Å²) >= 11 is 4.83. The third kappa shape index (κ3) is 9.10. The minimum atomic E-state index is 0.141. The standard InChI is InChI=1S/C8H16N2O2S/c1-3-5-6-11-7-12-10-8(13)9-4-2/h5-6H,3-4,7H2,1-2H3,(H2,9,10,13)/b6-5+. The summed E-state index contributed by atoms with van der Waals surface area (Å²) in [6, 6.07) is 0. The maximum absolute atomic E-state index is 4.95. The van der Waals surface area contributed by atoms with Gasteiger partial charge in [0, 0.05) is 6.54 Å². The van der Waals surface area contributed by atoms with Crippen LogP contribution in [0.2, 0.25) is 0 Å². The molecule has 0 aromatic heterocycles. The fourth-order valence-corrected chi connectivity index (χ4v) is 0.732. The van der Waals surface area contributed by atoms with E-state index in [9.17, 15) is 0 Å². The molecule has 0 radical (unpaired) electrons. The first-order valence-electron chi connectivity index (χ1n) is 4.23. The first-order chi connectivity index (χ1) is 6.31. The molecule has 5 heteroatoms. The number of hydroxylamine groups is 1. The van der Waals surface area contributed by atoms with Gasteiger partial charge in [-0.15, -0.1) is 0 Å². The molecule has 76 valence electrons. The molecule has 0 heterocycles. The van der Waals surface area contributed by atoms with Crippen molar-refractivity contribution in [3.63, 3.8) is 0 Å². The number of hydrogen-bond donors (Lipinski definition) is 2. The lowest BCUT2D eigenvalue weighted by Crippen LogP contribution is -2.35. The van der Waals surface area contributed by atoms with Crippen molar-refractivity contribution in [2.75, 3.05) is 13.3 Å². The molecule has 0 saturated heterocycles. The highest BCUT2D eigenvalue weighted by atomic mass is 32.1. The smallest absolute Gasteiger partial charge is 0.212 e. The van der Waals surface area contributed by atoms with Crippen molar-refractivity contribution < 1.29 is 9.57 Å². The quantitative estimate of drug-likeness (QED) is 0.224. The molecule has 13 heavy (non-hydrogen) atoms. The molecule has 0 spiro atoms. The van der Waals surface area contributed by atoms with Gasteiger partial charge >= 0.3 is 0 Å². The molecular weight excluding hydrogens is 188 g/mol. The maximum Gasteiger partial charge on any atom is 0.212 e. The van der Waals surface area contributed by atoms with Crippen molar-refractivity contribution in [3.8, 4) is 0 Å². The fourth-order valence-electron chi connectivity index (χ4n) is 0.529. The van der Waals surface area contributed by atoms with Gasteiger partial charge in [0.2, 0.25) is 6.79 Å². The van der Waals surface area contributed by atoms with Crippen molar-refractivity contribution in [3.05, 3.63) is 12.3 Å². The Balaban J connectivity index is 3.15. The summed E-state index contributed by atoms with van der Waals surface area (Å²) < 4.78 is 4.95. The summed E-state index contributed by atoms with van der Waals surface area (Å²) in [7, 11) is 0. The number of rotatable bonds is 6.